The van der Waals surface area contributed by atoms with Gasteiger partial charge in [-0.15, -0.1) is 0 Å². The fourth-order valence-electron chi connectivity index (χ4n) is 3.28. The summed E-state index contributed by atoms with van der Waals surface area (Å²) in [6, 6.07) is 11.1. The molecule has 0 aliphatic carbocycles. The summed E-state index contributed by atoms with van der Waals surface area (Å²) < 4.78 is 0. The van der Waals surface area contributed by atoms with E-state index in [2.05, 4.69) is 15.3 Å². The molecule has 0 amide bonds. The Kier molecular flexibility index (Phi) is 3.16. The molecule has 2 aromatic heterocycles. The van der Waals surface area contributed by atoms with Gasteiger partial charge in [0.2, 0.25) is 0 Å². The fraction of sp³-hybridized carbons (Fsp3) is 0.222. The van der Waals surface area contributed by atoms with Crippen molar-refractivity contribution in [2.24, 2.45) is 0 Å². The van der Waals surface area contributed by atoms with Gasteiger partial charge in [-0.25, -0.2) is 0 Å². The number of pyridine rings is 1. The Morgan fingerprint density at radius 3 is 2.83 bits per heavy atom. The third-order valence-corrected chi connectivity index (χ3v) is 4.44. The minimum absolute atomic E-state index is 0.243. The maximum absolute atomic E-state index is 11.6. The number of aryl methyl sites for hydroxylation is 1. The van der Waals surface area contributed by atoms with Crippen LogP contribution in [0.4, 0.5) is 0 Å². The van der Waals surface area contributed by atoms with Crippen LogP contribution in [0.1, 0.15) is 28.6 Å². The molecule has 3 aromatic rings. The molecule has 0 spiro atoms. The Labute approximate surface area is 133 Å². The highest BCUT2D eigenvalue weighted by Gasteiger charge is 2.34. The van der Waals surface area contributed by atoms with Crippen LogP contribution >= 0.6 is 0 Å². The van der Waals surface area contributed by atoms with Crippen molar-refractivity contribution in [1.29, 1.82) is 0 Å². The second kappa shape index (κ2) is 5.21. The predicted molar refractivity (Wildman–Crippen MR) is 87.4 cm³/mol. The average molecular weight is 307 g/mol. The van der Waals surface area contributed by atoms with Crippen molar-refractivity contribution in [2.75, 3.05) is 0 Å². The summed E-state index contributed by atoms with van der Waals surface area (Å²) in [6.07, 6.45) is 2.28. The highest BCUT2D eigenvalue weighted by molar-refractivity contribution is 5.87. The molecular weight excluding hydrogens is 290 g/mol. The van der Waals surface area contributed by atoms with Gasteiger partial charge >= 0.3 is 5.97 Å². The van der Waals surface area contributed by atoms with E-state index in [0.717, 1.165) is 33.4 Å². The lowest BCUT2D eigenvalue weighted by Crippen LogP contribution is -2.45. The van der Waals surface area contributed by atoms with Gasteiger partial charge in [0.25, 0.3) is 0 Å². The number of H-pyrrole nitrogens is 1. The van der Waals surface area contributed by atoms with Crippen LogP contribution in [0, 0.1) is 6.92 Å². The minimum atomic E-state index is -0.835. The van der Waals surface area contributed by atoms with E-state index in [1.54, 1.807) is 0 Å². The van der Waals surface area contributed by atoms with Crippen LogP contribution in [0.3, 0.4) is 0 Å². The molecule has 0 radical (unpaired) electrons. The third kappa shape index (κ3) is 2.29. The standard InChI is InChI=1S/C18H17N3O2/c1-10-6-7-14(19-9-10)17-16-12(8-15(21-17)18(22)23)11-4-2-3-5-13(11)20-16/h2-7,9,15,17,20-21H,8H2,1H3,(H,22,23). The summed E-state index contributed by atoms with van der Waals surface area (Å²) in [7, 11) is 0. The summed E-state index contributed by atoms with van der Waals surface area (Å²) in [4.78, 5) is 19.5. The third-order valence-electron chi connectivity index (χ3n) is 4.44. The van der Waals surface area contributed by atoms with Gasteiger partial charge in [0.15, 0.2) is 0 Å². The lowest BCUT2D eigenvalue weighted by Gasteiger charge is -2.28. The molecule has 0 bridgehead atoms. The van der Waals surface area contributed by atoms with E-state index >= 15 is 0 Å². The number of hydrogen-bond donors (Lipinski definition) is 3. The Morgan fingerprint density at radius 2 is 2.09 bits per heavy atom. The number of fused-ring (bicyclic) bond motifs is 3. The van der Waals surface area contributed by atoms with Crippen molar-refractivity contribution in [3.63, 3.8) is 0 Å². The van der Waals surface area contributed by atoms with Crippen molar-refractivity contribution in [2.45, 2.75) is 25.4 Å². The van der Waals surface area contributed by atoms with Gasteiger partial charge in [-0.3, -0.25) is 15.1 Å². The number of carboxylic acids is 1. The van der Waals surface area contributed by atoms with Crippen molar-refractivity contribution in [3.8, 4) is 0 Å². The van der Waals surface area contributed by atoms with Gasteiger partial charge in [-0.2, -0.15) is 0 Å². The molecule has 2 atom stereocenters. The van der Waals surface area contributed by atoms with Gasteiger partial charge in [-0.1, -0.05) is 24.3 Å². The summed E-state index contributed by atoms with van der Waals surface area (Å²) in [5.41, 5.74) is 5.02. The van der Waals surface area contributed by atoms with Crippen molar-refractivity contribution in [3.05, 3.63) is 65.1 Å². The zero-order valence-electron chi connectivity index (χ0n) is 12.7. The molecule has 2 unspecified atom stereocenters. The fourth-order valence-corrected chi connectivity index (χ4v) is 3.28. The molecule has 3 N–H and O–H groups in total. The van der Waals surface area contributed by atoms with Gasteiger partial charge in [0, 0.05) is 29.2 Å². The smallest absolute Gasteiger partial charge is 0.321 e. The highest BCUT2D eigenvalue weighted by Crippen LogP contribution is 2.34. The number of nitrogens with zero attached hydrogens (tertiary/aromatic N) is 1. The second-order valence-electron chi connectivity index (χ2n) is 6.02. The van der Waals surface area contributed by atoms with E-state index in [1.807, 2.05) is 49.5 Å². The quantitative estimate of drug-likeness (QED) is 0.680. The van der Waals surface area contributed by atoms with Crippen molar-refractivity contribution < 1.29 is 9.90 Å². The Balaban J connectivity index is 1.89. The van der Waals surface area contributed by atoms with Crippen LogP contribution < -0.4 is 5.32 Å². The molecule has 0 fully saturated rings. The zero-order valence-corrected chi connectivity index (χ0v) is 12.7. The molecule has 116 valence electrons. The molecule has 4 rings (SSSR count). The molecule has 5 nitrogen and oxygen atoms in total. The van der Waals surface area contributed by atoms with Crippen molar-refractivity contribution in [1.82, 2.24) is 15.3 Å². The summed E-state index contributed by atoms with van der Waals surface area (Å²) >= 11 is 0. The molecular formula is C18H17N3O2. The second-order valence-corrected chi connectivity index (χ2v) is 6.02. The molecule has 0 saturated heterocycles. The molecule has 1 aliphatic rings. The average Bonchev–Trinajstić information content (AvgIpc) is 2.93. The highest BCUT2D eigenvalue weighted by atomic mass is 16.4. The first-order valence-corrected chi connectivity index (χ1v) is 7.64. The minimum Gasteiger partial charge on any atom is -0.480 e. The largest absolute Gasteiger partial charge is 0.480 e. The van der Waals surface area contributed by atoms with Crippen molar-refractivity contribution >= 4 is 16.9 Å². The number of carboxylic acid groups (broad SMARTS) is 1. The van der Waals surface area contributed by atoms with Crippen LogP contribution in [0.5, 0.6) is 0 Å². The SMILES string of the molecule is Cc1ccc(C2NC(C(=O)O)Cc3c2[nH]c2ccccc32)nc1. The van der Waals surface area contributed by atoms with Crippen LogP contribution in [-0.4, -0.2) is 27.1 Å². The first kappa shape index (κ1) is 14.0. The number of aliphatic carboxylic acids is 1. The first-order valence-electron chi connectivity index (χ1n) is 7.64. The number of hydrogen-bond acceptors (Lipinski definition) is 3. The number of rotatable bonds is 2. The molecule has 0 saturated carbocycles. The predicted octanol–water partition coefficient (Wildman–Crippen LogP) is 2.56. The monoisotopic (exact) mass is 307 g/mol. The van der Waals surface area contributed by atoms with E-state index < -0.39 is 12.0 Å². The molecule has 1 aliphatic heterocycles. The van der Waals surface area contributed by atoms with Gasteiger partial charge in [0.1, 0.15) is 6.04 Å². The summed E-state index contributed by atoms with van der Waals surface area (Å²) in [5, 5.41) is 13.8. The van der Waals surface area contributed by atoms with E-state index in [1.165, 1.54) is 0 Å². The van der Waals surface area contributed by atoms with E-state index in [0.29, 0.717) is 6.42 Å². The van der Waals surface area contributed by atoms with Gasteiger partial charge in [0.05, 0.1) is 11.7 Å². The Bertz CT molecular complexity index is 883. The van der Waals surface area contributed by atoms with E-state index in [9.17, 15) is 9.90 Å². The number of aromatic nitrogens is 2. The van der Waals surface area contributed by atoms with Gasteiger partial charge < -0.3 is 10.1 Å². The van der Waals surface area contributed by atoms with Crippen LogP contribution in [0.15, 0.2) is 42.6 Å². The van der Waals surface area contributed by atoms with Crippen LogP contribution in [0.25, 0.3) is 10.9 Å². The number of benzene rings is 1. The van der Waals surface area contributed by atoms with Crippen LogP contribution in [-0.2, 0) is 11.2 Å². The summed E-state index contributed by atoms with van der Waals surface area (Å²) in [5.74, 6) is -0.835. The lowest BCUT2D eigenvalue weighted by molar-refractivity contribution is -0.139. The number of nitrogens with one attached hydrogen (secondary N) is 2. The summed E-state index contributed by atoms with van der Waals surface area (Å²) in [6.45, 7) is 1.99. The Morgan fingerprint density at radius 1 is 1.26 bits per heavy atom. The van der Waals surface area contributed by atoms with E-state index in [4.69, 9.17) is 0 Å². The topological polar surface area (TPSA) is 78.0 Å². The maximum atomic E-state index is 11.6. The molecule has 23 heavy (non-hydrogen) atoms. The molecule has 5 heteroatoms. The Hall–Kier alpha value is -2.66. The lowest BCUT2D eigenvalue weighted by atomic mass is 9.92. The zero-order chi connectivity index (χ0) is 16.0. The normalized spacial score (nSPS) is 20.4. The van der Waals surface area contributed by atoms with Crippen LogP contribution in [0.2, 0.25) is 0 Å². The number of aromatic amines is 1. The first-order chi connectivity index (χ1) is 11.1. The maximum Gasteiger partial charge on any atom is 0.321 e. The molecule has 1 aromatic carbocycles. The van der Waals surface area contributed by atoms with E-state index in [-0.39, 0.29) is 6.04 Å². The van der Waals surface area contributed by atoms with Gasteiger partial charge in [-0.05, 0) is 30.2 Å². The number of carbonyl (C=O) groups is 1. The molecule has 3 heterocycles. The number of para-hydroxylation sites is 1.